The van der Waals surface area contributed by atoms with Gasteiger partial charge in [0.15, 0.2) is 0 Å². The lowest BCUT2D eigenvalue weighted by atomic mass is 9.91. The highest BCUT2D eigenvalue weighted by Gasteiger charge is 2.30. The van der Waals surface area contributed by atoms with E-state index in [0.717, 1.165) is 6.42 Å². The third-order valence-corrected chi connectivity index (χ3v) is 5.38. The van der Waals surface area contributed by atoms with E-state index < -0.39 is 0 Å². The van der Waals surface area contributed by atoms with Gasteiger partial charge < -0.3 is 15.4 Å². The zero-order valence-corrected chi connectivity index (χ0v) is 14.3. The molecule has 2 N–H and O–H groups in total. The molecule has 1 heterocycles. The van der Waals surface area contributed by atoms with Gasteiger partial charge in [-0.25, -0.2) is 0 Å². The Morgan fingerprint density at radius 3 is 2.82 bits per heavy atom. The van der Waals surface area contributed by atoms with Crippen molar-refractivity contribution in [1.29, 1.82) is 5.41 Å². The van der Waals surface area contributed by atoms with Gasteiger partial charge in [-0.05, 0) is 24.3 Å². The van der Waals surface area contributed by atoms with Crippen LogP contribution in [0.1, 0.15) is 45.4 Å². The Bertz CT molecular complexity index is 456. The van der Waals surface area contributed by atoms with Crippen LogP contribution in [0, 0.1) is 11.3 Å². The molecule has 122 valence electrons. The number of hydrogen-bond donors (Lipinski definition) is 2. The largest absolute Gasteiger partial charge is 0.395 e. The van der Waals surface area contributed by atoms with Gasteiger partial charge in [-0.15, -0.1) is 11.8 Å². The maximum absolute atomic E-state index is 9.18. The monoisotopic (exact) mass is 320 g/mol. The maximum atomic E-state index is 9.18. The zero-order chi connectivity index (χ0) is 15.8. The summed E-state index contributed by atoms with van der Waals surface area (Å²) in [4.78, 5) is 2.15. The number of thioether (sulfide) groups is 1. The van der Waals surface area contributed by atoms with E-state index in [9.17, 15) is 5.11 Å². The van der Waals surface area contributed by atoms with Crippen molar-refractivity contribution in [3.05, 3.63) is 35.4 Å². The molecule has 0 radical (unpaired) electrons. The summed E-state index contributed by atoms with van der Waals surface area (Å²) in [6.45, 7) is 3.04. The Morgan fingerprint density at radius 2 is 2.05 bits per heavy atom. The first kappa shape index (κ1) is 17.4. The van der Waals surface area contributed by atoms with E-state index in [1.165, 1.54) is 37.7 Å². The molecular weight excluding hydrogens is 292 g/mol. The number of hydrogen-bond acceptors (Lipinski definition) is 4. The Morgan fingerprint density at radius 1 is 1.23 bits per heavy atom. The third-order valence-electron chi connectivity index (χ3n) is 4.26. The molecule has 0 aromatic carbocycles. The van der Waals surface area contributed by atoms with Gasteiger partial charge in [-0.3, -0.25) is 0 Å². The molecule has 0 amide bonds. The summed E-state index contributed by atoms with van der Waals surface area (Å²) in [7, 11) is 0. The Labute approximate surface area is 138 Å². The number of rotatable bonds is 9. The molecule has 1 aliphatic heterocycles. The maximum Gasteiger partial charge on any atom is 0.0905 e. The third kappa shape index (κ3) is 4.75. The van der Waals surface area contributed by atoms with Gasteiger partial charge in [0.25, 0.3) is 0 Å². The van der Waals surface area contributed by atoms with Crippen molar-refractivity contribution in [2.45, 2.75) is 50.8 Å². The quantitative estimate of drug-likeness (QED) is 0.622. The van der Waals surface area contributed by atoms with E-state index in [-0.39, 0.29) is 17.9 Å². The van der Waals surface area contributed by atoms with E-state index in [1.54, 1.807) is 11.8 Å². The van der Waals surface area contributed by atoms with E-state index in [0.29, 0.717) is 12.3 Å². The second-order valence-corrected chi connectivity index (χ2v) is 7.02. The topological polar surface area (TPSA) is 47.3 Å². The molecule has 0 aromatic rings. The SMILES string of the molecule is CCCCCCCC1=CC(C2SC=CN2CCO)C(=N)C=C1. The molecule has 1 aliphatic carbocycles. The summed E-state index contributed by atoms with van der Waals surface area (Å²) < 4.78 is 0. The summed E-state index contributed by atoms with van der Waals surface area (Å²) in [6.07, 6.45) is 16.0. The van der Waals surface area contributed by atoms with Crippen molar-refractivity contribution in [3.8, 4) is 0 Å². The van der Waals surface area contributed by atoms with Gasteiger partial charge in [0.05, 0.1) is 12.0 Å². The van der Waals surface area contributed by atoms with E-state index in [4.69, 9.17) is 5.41 Å². The lowest BCUT2D eigenvalue weighted by Gasteiger charge is -2.31. The van der Waals surface area contributed by atoms with Crippen LogP contribution < -0.4 is 0 Å². The molecule has 2 rings (SSSR count). The zero-order valence-electron chi connectivity index (χ0n) is 13.5. The molecule has 0 saturated heterocycles. The van der Waals surface area contributed by atoms with E-state index >= 15 is 0 Å². The fourth-order valence-electron chi connectivity index (χ4n) is 2.98. The van der Waals surface area contributed by atoms with E-state index in [1.807, 2.05) is 12.3 Å². The molecule has 0 spiro atoms. The molecule has 3 nitrogen and oxygen atoms in total. The molecule has 2 atom stereocenters. The molecule has 0 aromatic heterocycles. The number of unbranched alkanes of at least 4 members (excludes halogenated alkanes) is 4. The second-order valence-electron chi connectivity index (χ2n) is 5.99. The Balaban J connectivity index is 1.90. The van der Waals surface area contributed by atoms with Crippen LogP contribution in [-0.4, -0.2) is 34.2 Å². The average Bonchev–Trinajstić information content (AvgIpc) is 2.97. The first-order chi connectivity index (χ1) is 10.8. The van der Waals surface area contributed by atoms with Gasteiger partial charge >= 0.3 is 0 Å². The van der Waals surface area contributed by atoms with Gasteiger partial charge in [0.1, 0.15) is 0 Å². The number of aliphatic hydroxyl groups excluding tert-OH is 1. The molecule has 0 fully saturated rings. The number of β-amino-alcohol motifs (C(OH)–C–C–N with tert-alkyl or cyclic N) is 1. The molecule has 0 bridgehead atoms. The first-order valence-corrected chi connectivity index (χ1v) is 9.36. The highest BCUT2D eigenvalue weighted by atomic mass is 32.2. The lowest BCUT2D eigenvalue weighted by Crippen LogP contribution is -2.37. The van der Waals surface area contributed by atoms with Crippen LogP contribution in [0.5, 0.6) is 0 Å². The number of allylic oxidation sites excluding steroid dienone is 3. The minimum absolute atomic E-state index is 0.127. The van der Waals surface area contributed by atoms with Gasteiger partial charge in [-0.2, -0.15) is 0 Å². The van der Waals surface area contributed by atoms with Gasteiger partial charge in [-0.1, -0.05) is 50.3 Å². The van der Waals surface area contributed by atoms with Crippen LogP contribution in [0.3, 0.4) is 0 Å². The molecule has 4 heteroatoms. The Hall–Kier alpha value is -1.00. The highest BCUT2D eigenvalue weighted by Crippen LogP contribution is 2.35. The van der Waals surface area contributed by atoms with Crippen molar-refractivity contribution in [2.24, 2.45) is 5.92 Å². The fourth-order valence-corrected chi connectivity index (χ4v) is 4.10. The van der Waals surface area contributed by atoms with Gasteiger partial charge in [0.2, 0.25) is 0 Å². The van der Waals surface area contributed by atoms with Crippen molar-refractivity contribution in [2.75, 3.05) is 13.2 Å². The van der Waals surface area contributed by atoms with Crippen molar-refractivity contribution in [3.63, 3.8) is 0 Å². The van der Waals surface area contributed by atoms with Crippen molar-refractivity contribution >= 4 is 17.5 Å². The Kier molecular flexibility index (Phi) is 7.26. The summed E-state index contributed by atoms with van der Waals surface area (Å²) in [5.74, 6) is 0.127. The first-order valence-electron chi connectivity index (χ1n) is 8.42. The minimum Gasteiger partial charge on any atom is -0.395 e. The number of aliphatic hydroxyl groups is 1. The summed E-state index contributed by atoms with van der Waals surface area (Å²) in [5.41, 5.74) is 2.05. The number of nitrogens with one attached hydrogen (secondary N) is 1. The van der Waals surface area contributed by atoms with Crippen LogP contribution in [0.25, 0.3) is 0 Å². The standard InChI is InChI=1S/C18H28N2OS/c1-2-3-4-5-6-7-15-8-9-17(19)16(14-15)18-20(10-12-21)11-13-22-18/h8-9,11,13-14,16,18-19,21H,2-7,10,12H2,1H3. The normalized spacial score (nSPS) is 24.2. The predicted molar refractivity (Wildman–Crippen MR) is 96.1 cm³/mol. The lowest BCUT2D eigenvalue weighted by molar-refractivity contribution is 0.226. The summed E-state index contributed by atoms with van der Waals surface area (Å²) in [6, 6.07) is 0. The fraction of sp³-hybridized carbons (Fsp3) is 0.611. The molecule has 2 aliphatic rings. The van der Waals surface area contributed by atoms with E-state index in [2.05, 4.69) is 29.4 Å². The van der Waals surface area contributed by atoms with Crippen LogP contribution in [0.15, 0.2) is 35.4 Å². The molecular formula is C18H28N2OS. The minimum atomic E-state index is 0.127. The van der Waals surface area contributed by atoms with Crippen LogP contribution in [0.4, 0.5) is 0 Å². The van der Waals surface area contributed by atoms with Crippen molar-refractivity contribution < 1.29 is 5.11 Å². The van der Waals surface area contributed by atoms with Crippen LogP contribution in [0.2, 0.25) is 0 Å². The average molecular weight is 321 g/mol. The molecule has 2 unspecified atom stereocenters. The van der Waals surface area contributed by atoms with Crippen LogP contribution in [-0.2, 0) is 0 Å². The summed E-state index contributed by atoms with van der Waals surface area (Å²) in [5, 5.41) is 19.7. The predicted octanol–water partition coefficient (Wildman–Crippen LogP) is 4.32. The summed E-state index contributed by atoms with van der Waals surface area (Å²) >= 11 is 1.75. The van der Waals surface area contributed by atoms with Crippen LogP contribution >= 0.6 is 11.8 Å². The molecule has 22 heavy (non-hydrogen) atoms. The smallest absolute Gasteiger partial charge is 0.0905 e. The number of nitrogens with zero attached hydrogens (tertiary/aromatic N) is 1. The van der Waals surface area contributed by atoms with Crippen molar-refractivity contribution in [1.82, 2.24) is 4.90 Å². The van der Waals surface area contributed by atoms with Gasteiger partial charge in [0, 0.05) is 24.4 Å². The second kappa shape index (κ2) is 9.21. The highest BCUT2D eigenvalue weighted by molar-refractivity contribution is 8.02. The molecule has 0 saturated carbocycles.